The van der Waals surface area contributed by atoms with Crippen LogP contribution < -0.4 is 0 Å². The van der Waals surface area contributed by atoms with Crippen LogP contribution in [0.25, 0.3) is 0 Å². The first-order chi connectivity index (χ1) is 11.0. The summed E-state index contributed by atoms with van der Waals surface area (Å²) in [5.74, 6) is 2.50. The third kappa shape index (κ3) is 1.95. The van der Waals surface area contributed by atoms with E-state index in [0.717, 1.165) is 30.6 Å². The average Bonchev–Trinajstić information content (AvgIpc) is 3.29. The highest BCUT2D eigenvalue weighted by Gasteiger charge is 2.56. The van der Waals surface area contributed by atoms with Gasteiger partial charge in [0.2, 0.25) is 0 Å². The number of hydrogen-bond acceptors (Lipinski definition) is 1. The Bertz CT molecular complexity index is 593. The molecule has 4 saturated carbocycles. The second-order valence-electron chi connectivity index (χ2n) is 9.73. The van der Waals surface area contributed by atoms with Gasteiger partial charge in [-0.2, -0.15) is 0 Å². The molecule has 0 aromatic carbocycles. The van der Waals surface area contributed by atoms with Crippen LogP contribution in [0, 0.1) is 28.6 Å². The monoisotopic (exact) mass is 312 g/mol. The lowest BCUT2D eigenvalue weighted by Gasteiger charge is -2.56. The van der Waals surface area contributed by atoms with Gasteiger partial charge < -0.3 is 5.11 Å². The second-order valence-corrected chi connectivity index (χ2v) is 9.73. The molecule has 1 nitrogen and oxygen atoms in total. The van der Waals surface area contributed by atoms with Crippen LogP contribution in [0.1, 0.15) is 78.1 Å². The highest BCUT2D eigenvalue weighted by Crippen LogP contribution is 2.66. The molecule has 5 aliphatic carbocycles. The van der Waals surface area contributed by atoms with E-state index in [-0.39, 0.29) is 6.10 Å². The molecule has 126 valence electrons. The van der Waals surface area contributed by atoms with Crippen molar-refractivity contribution < 1.29 is 5.11 Å². The Labute approximate surface area is 141 Å². The molecule has 1 N–H and O–H groups in total. The van der Waals surface area contributed by atoms with Crippen molar-refractivity contribution >= 4 is 0 Å². The van der Waals surface area contributed by atoms with E-state index in [1.165, 1.54) is 51.4 Å². The van der Waals surface area contributed by atoms with Gasteiger partial charge >= 0.3 is 0 Å². The predicted molar refractivity (Wildman–Crippen MR) is 94.0 cm³/mol. The van der Waals surface area contributed by atoms with Crippen LogP contribution in [-0.2, 0) is 0 Å². The van der Waals surface area contributed by atoms with Gasteiger partial charge in [-0.15, -0.1) is 0 Å². The average molecular weight is 312 g/mol. The van der Waals surface area contributed by atoms with E-state index >= 15 is 0 Å². The van der Waals surface area contributed by atoms with E-state index in [1.807, 2.05) is 16.7 Å². The lowest BCUT2D eigenvalue weighted by atomic mass is 9.49. The third-order valence-corrected chi connectivity index (χ3v) is 8.71. The van der Waals surface area contributed by atoms with E-state index in [4.69, 9.17) is 0 Å². The van der Waals surface area contributed by atoms with Crippen molar-refractivity contribution in [3.05, 3.63) is 22.8 Å². The van der Waals surface area contributed by atoms with E-state index in [2.05, 4.69) is 19.9 Å². The van der Waals surface area contributed by atoms with Crippen LogP contribution in [-0.4, -0.2) is 11.2 Å². The predicted octanol–water partition coefficient (Wildman–Crippen LogP) is 5.40. The van der Waals surface area contributed by atoms with Gasteiger partial charge in [-0.3, -0.25) is 0 Å². The molecule has 4 fully saturated rings. The number of aliphatic hydroxyl groups excluding tert-OH is 1. The fourth-order valence-corrected chi connectivity index (χ4v) is 7.27. The largest absolute Gasteiger partial charge is 0.393 e. The van der Waals surface area contributed by atoms with Gasteiger partial charge in [-0.05, 0) is 92.8 Å². The van der Waals surface area contributed by atoms with Crippen molar-refractivity contribution in [1.82, 2.24) is 0 Å². The molecule has 0 aliphatic heterocycles. The standard InChI is InChI=1S/C22H32O/c1-21-11-9-16(23)13-15(21)5-6-17-19-8-7-18(14-3-4-14)22(19,2)12-10-20(17)21/h10,15-17,19,23H,3-9,11-13H2,1-2H3/t15?,16-,17?,19?,21?,22-/m1/s1. The molecule has 5 rings (SSSR count). The highest BCUT2D eigenvalue weighted by atomic mass is 16.3. The first kappa shape index (κ1) is 14.8. The zero-order chi connectivity index (χ0) is 15.8. The van der Waals surface area contributed by atoms with Crippen LogP contribution >= 0.6 is 0 Å². The van der Waals surface area contributed by atoms with Gasteiger partial charge in [0.15, 0.2) is 0 Å². The Balaban J connectivity index is 1.52. The first-order valence-electron chi connectivity index (χ1n) is 10.1. The van der Waals surface area contributed by atoms with Gasteiger partial charge in [0.05, 0.1) is 6.10 Å². The summed E-state index contributed by atoms with van der Waals surface area (Å²) in [6, 6.07) is 0. The van der Waals surface area contributed by atoms with Crippen LogP contribution in [0.2, 0.25) is 0 Å². The van der Waals surface area contributed by atoms with E-state index in [1.54, 1.807) is 0 Å². The van der Waals surface area contributed by atoms with Crippen LogP contribution in [0.4, 0.5) is 0 Å². The minimum atomic E-state index is -0.0308. The lowest BCUT2D eigenvalue weighted by Crippen LogP contribution is -2.47. The van der Waals surface area contributed by atoms with E-state index in [9.17, 15) is 5.11 Å². The van der Waals surface area contributed by atoms with Crippen molar-refractivity contribution in [1.29, 1.82) is 0 Å². The Morgan fingerprint density at radius 3 is 2.61 bits per heavy atom. The summed E-state index contributed by atoms with van der Waals surface area (Å²) in [6.07, 6.45) is 15.6. The Morgan fingerprint density at radius 2 is 1.83 bits per heavy atom. The Kier molecular flexibility index (Phi) is 3.05. The Hall–Kier alpha value is -0.560. The fourth-order valence-electron chi connectivity index (χ4n) is 7.27. The minimum absolute atomic E-state index is 0.0308. The highest BCUT2D eigenvalue weighted by molar-refractivity contribution is 5.39. The summed E-state index contributed by atoms with van der Waals surface area (Å²) in [4.78, 5) is 0. The van der Waals surface area contributed by atoms with Gasteiger partial charge in [-0.1, -0.05) is 36.6 Å². The Morgan fingerprint density at radius 1 is 1.00 bits per heavy atom. The van der Waals surface area contributed by atoms with Crippen LogP contribution in [0.15, 0.2) is 22.8 Å². The normalized spacial score (nSPS) is 51.7. The molecule has 5 aliphatic rings. The maximum atomic E-state index is 10.1. The third-order valence-electron chi connectivity index (χ3n) is 8.71. The van der Waals surface area contributed by atoms with Crippen LogP contribution in [0.3, 0.4) is 0 Å². The maximum Gasteiger partial charge on any atom is 0.0543 e. The van der Waals surface area contributed by atoms with Gasteiger partial charge in [0.1, 0.15) is 0 Å². The molecule has 0 aromatic heterocycles. The van der Waals surface area contributed by atoms with E-state index in [0.29, 0.717) is 10.8 Å². The van der Waals surface area contributed by atoms with Crippen molar-refractivity contribution in [2.75, 3.05) is 0 Å². The minimum Gasteiger partial charge on any atom is -0.393 e. The molecular formula is C22H32O. The molecule has 0 spiro atoms. The molecule has 1 heteroatoms. The summed E-state index contributed by atoms with van der Waals surface area (Å²) in [6.45, 7) is 5.14. The molecular weight excluding hydrogens is 280 g/mol. The molecule has 0 amide bonds. The summed E-state index contributed by atoms with van der Waals surface area (Å²) < 4.78 is 0. The van der Waals surface area contributed by atoms with Crippen molar-refractivity contribution in [2.45, 2.75) is 84.2 Å². The second kappa shape index (κ2) is 4.75. The summed E-state index contributed by atoms with van der Waals surface area (Å²) in [7, 11) is 0. The van der Waals surface area contributed by atoms with Crippen molar-refractivity contribution in [2.24, 2.45) is 28.6 Å². The van der Waals surface area contributed by atoms with Gasteiger partial charge in [-0.25, -0.2) is 0 Å². The number of aliphatic hydroxyl groups is 1. The SMILES string of the molecule is CC12CC[C@@H](O)CC1CCC1C2=CC[C@]2(C)C(=C3CC3)CCC12. The number of allylic oxidation sites excluding steroid dienone is 4. The van der Waals surface area contributed by atoms with Crippen molar-refractivity contribution in [3.63, 3.8) is 0 Å². The molecule has 4 unspecified atom stereocenters. The van der Waals surface area contributed by atoms with E-state index < -0.39 is 0 Å². The lowest BCUT2D eigenvalue weighted by molar-refractivity contribution is -0.00474. The molecule has 0 heterocycles. The number of fused-ring (bicyclic) bond motifs is 5. The quantitative estimate of drug-likeness (QED) is 0.594. The smallest absolute Gasteiger partial charge is 0.0543 e. The van der Waals surface area contributed by atoms with Gasteiger partial charge in [0, 0.05) is 0 Å². The van der Waals surface area contributed by atoms with Gasteiger partial charge in [0.25, 0.3) is 0 Å². The molecule has 0 radical (unpaired) electrons. The maximum absolute atomic E-state index is 10.1. The summed E-state index contributed by atoms with van der Waals surface area (Å²) >= 11 is 0. The number of hydrogen-bond donors (Lipinski definition) is 1. The number of rotatable bonds is 0. The molecule has 6 atom stereocenters. The molecule has 23 heavy (non-hydrogen) atoms. The molecule has 0 bridgehead atoms. The topological polar surface area (TPSA) is 20.2 Å². The zero-order valence-corrected chi connectivity index (χ0v) is 14.9. The molecule has 0 aromatic rings. The first-order valence-corrected chi connectivity index (χ1v) is 10.1. The summed E-state index contributed by atoms with van der Waals surface area (Å²) in [5.41, 5.74) is 6.43. The molecule has 0 saturated heterocycles. The van der Waals surface area contributed by atoms with Crippen LogP contribution in [0.5, 0.6) is 0 Å². The fraction of sp³-hybridized carbons (Fsp3) is 0.818. The summed E-state index contributed by atoms with van der Waals surface area (Å²) in [5, 5.41) is 10.1. The van der Waals surface area contributed by atoms with Crippen molar-refractivity contribution in [3.8, 4) is 0 Å². The zero-order valence-electron chi connectivity index (χ0n) is 14.9.